The highest BCUT2D eigenvalue weighted by atomic mass is 35.5. The lowest BCUT2D eigenvalue weighted by atomic mass is 10.1. The van der Waals surface area contributed by atoms with Crippen molar-refractivity contribution < 1.29 is 24.1 Å². The standard InChI is InChI=1S/C26H34Cl2N2O5S/c1-5-6-7-18-10-11-29(12-13-35-19-8-9-23(33-3)24(14-19)34-4)26(32)17(2)30(18)36-20-15-21(27)25(31)22(28)16-20/h8-9,14-18,31H,5-7,10-13H2,1-4H3. The van der Waals surface area contributed by atoms with Crippen LogP contribution in [0.15, 0.2) is 35.2 Å². The molecule has 198 valence electrons. The van der Waals surface area contributed by atoms with Crippen LogP contribution in [0.5, 0.6) is 23.0 Å². The molecule has 36 heavy (non-hydrogen) atoms. The first-order valence-electron chi connectivity index (χ1n) is 12.1. The van der Waals surface area contributed by atoms with Crippen LogP contribution in [-0.2, 0) is 4.79 Å². The maximum Gasteiger partial charge on any atom is 0.240 e. The smallest absolute Gasteiger partial charge is 0.240 e. The molecule has 0 bridgehead atoms. The zero-order valence-corrected chi connectivity index (χ0v) is 23.5. The van der Waals surface area contributed by atoms with Gasteiger partial charge in [0.15, 0.2) is 17.2 Å². The van der Waals surface area contributed by atoms with Gasteiger partial charge in [0, 0.05) is 23.5 Å². The monoisotopic (exact) mass is 556 g/mol. The van der Waals surface area contributed by atoms with Crippen molar-refractivity contribution in [2.75, 3.05) is 33.9 Å². The summed E-state index contributed by atoms with van der Waals surface area (Å²) in [5.74, 6) is 1.80. The molecule has 7 nitrogen and oxygen atoms in total. The van der Waals surface area contributed by atoms with Crippen LogP contribution in [0.2, 0.25) is 10.0 Å². The van der Waals surface area contributed by atoms with Crippen molar-refractivity contribution in [1.29, 1.82) is 0 Å². The van der Waals surface area contributed by atoms with Crippen LogP contribution in [0.3, 0.4) is 0 Å². The molecular formula is C26H34Cl2N2O5S. The first-order valence-corrected chi connectivity index (χ1v) is 13.6. The molecule has 1 N–H and O–H groups in total. The van der Waals surface area contributed by atoms with Gasteiger partial charge in [-0.2, -0.15) is 0 Å². The second kappa shape index (κ2) is 13.5. The van der Waals surface area contributed by atoms with Crippen LogP contribution < -0.4 is 14.2 Å². The molecule has 1 fully saturated rings. The number of hydrogen-bond acceptors (Lipinski definition) is 7. The summed E-state index contributed by atoms with van der Waals surface area (Å²) >= 11 is 13.8. The van der Waals surface area contributed by atoms with Crippen molar-refractivity contribution in [3.8, 4) is 23.0 Å². The zero-order chi connectivity index (χ0) is 26.2. The number of aromatic hydroxyl groups is 1. The van der Waals surface area contributed by atoms with Crippen molar-refractivity contribution in [3.05, 3.63) is 40.4 Å². The topological polar surface area (TPSA) is 71.5 Å². The third-order valence-corrected chi connectivity index (χ3v) is 8.07. The molecule has 2 unspecified atom stereocenters. The van der Waals surface area contributed by atoms with E-state index in [1.165, 1.54) is 11.9 Å². The number of amides is 1. The maximum atomic E-state index is 13.5. The Morgan fingerprint density at radius 3 is 2.44 bits per heavy atom. The molecule has 0 radical (unpaired) electrons. The molecule has 2 aromatic rings. The lowest BCUT2D eigenvalue weighted by Gasteiger charge is -2.32. The first kappa shape index (κ1) is 28.6. The Morgan fingerprint density at radius 1 is 1.11 bits per heavy atom. The van der Waals surface area contributed by atoms with E-state index in [0.29, 0.717) is 36.9 Å². The van der Waals surface area contributed by atoms with Gasteiger partial charge in [0.05, 0.1) is 36.9 Å². The number of phenolic OH excluding ortho intramolecular Hbond substituents is 1. The Bertz CT molecular complexity index is 1020. The molecule has 0 aromatic heterocycles. The highest BCUT2D eigenvalue weighted by Crippen LogP contribution is 2.40. The third kappa shape index (κ3) is 7.06. The Hall–Kier alpha value is -2.00. The Labute approximate surface area is 227 Å². The summed E-state index contributed by atoms with van der Waals surface area (Å²) < 4.78 is 18.7. The predicted molar refractivity (Wildman–Crippen MR) is 145 cm³/mol. The van der Waals surface area contributed by atoms with Gasteiger partial charge in [-0.1, -0.05) is 43.0 Å². The molecular weight excluding hydrogens is 523 g/mol. The minimum atomic E-state index is -0.355. The van der Waals surface area contributed by atoms with Crippen LogP contribution >= 0.6 is 35.1 Å². The van der Waals surface area contributed by atoms with E-state index in [1.54, 1.807) is 38.5 Å². The van der Waals surface area contributed by atoms with E-state index in [-0.39, 0.29) is 33.8 Å². The van der Waals surface area contributed by atoms with Gasteiger partial charge in [0.1, 0.15) is 12.4 Å². The molecule has 1 aliphatic rings. The number of ether oxygens (including phenoxy) is 3. The molecule has 0 spiro atoms. The van der Waals surface area contributed by atoms with E-state index in [0.717, 1.165) is 30.6 Å². The van der Waals surface area contributed by atoms with Crippen LogP contribution in [0.25, 0.3) is 0 Å². The van der Waals surface area contributed by atoms with Crippen LogP contribution in [-0.4, -0.2) is 66.2 Å². The van der Waals surface area contributed by atoms with Crippen molar-refractivity contribution >= 4 is 41.1 Å². The number of benzene rings is 2. The highest BCUT2D eigenvalue weighted by molar-refractivity contribution is 7.97. The van der Waals surface area contributed by atoms with Gasteiger partial charge in [-0.15, -0.1) is 0 Å². The molecule has 0 aliphatic carbocycles. The second-order valence-electron chi connectivity index (χ2n) is 8.64. The molecule has 1 aliphatic heterocycles. The molecule has 2 atom stereocenters. The van der Waals surface area contributed by atoms with Gasteiger partial charge in [-0.25, -0.2) is 4.31 Å². The van der Waals surface area contributed by atoms with Crippen molar-refractivity contribution in [1.82, 2.24) is 9.21 Å². The third-order valence-electron chi connectivity index (χ3n) is 6.22. The summed E-state index contributed by atoms with van der Waals surface area (Å²) in [4.78, 5) is 16.1. The van der Waals surface area contributed by atoms with Crippen LogP contribution in [0.1, 0.15) is 39.5 Å². The van der Waals surface area contributed by atoms with E-state index < -0.39 is 0 Å². The van der Waals surface area contributed by atoms with Crippen molar-refractivity contribution in [3.63, 3.8) is 0 Å². The number of phenols is 1. The van der Waals surface area contributed by atoms with Gasteiger partial charge in [0.25, 0.3) is 0 Å². The number of unbranched alkanes of at least 4 members (excludes halogenated alkanes) is 1. The number of rotatable bonds is 11. The summed E-state index contributed by atoms with van der Waals surface area (Å²) in [5.41, 5.74) is 0. The Balaban J connectivity index is 1.70. The molecule has 1 amide bonds. The SMILES string of the molecule is CCCCC1CCN(CCOc2ccc(OC)c(OC)c2)C(=O)C(C)N1Sc1cc(Cl)c(O)c(Cl)c1. The molecule has 3 rings (SSSR count). The van der Waals surface area contributed by atoms with Gasteiger partial charge < -0.3 is 24.2 Å². The molecule has 2 aromatic carbocycles. The van der Waals surface area contributed by atoms with E-state index in [9.17, 15) is 9.90 Å². The number of methoxy groups -OCH3 is 2. The number of nitrogens with zero attached hydrogens (tertiary/aromatic N) is 2. The number of carbonyl (C=O) groups excluding carboxylic acids is 1. The average Bonchev–Trinajstić information content (AvgIpc) is 2.98. The lowest BCUT2D eigenvalue weighted by molar-refractivity contribution is -0.134. The lowest BCUT2D eigenvalue weighted by Crippen LogP contribution is -2.44. The number of hydrogen-bond donors (Lipinski definition) is 1. The summed E-state index contributed by atoms with van der Waals surface area (Å²) in [6.07, 6.45) is 3.98. The maximum absolute atomic E-state index is 13.5. The van der Waals surface area contributed by atoms with E-state index >= 15 is 0 Å². The summed E-state index contributed by atoms with van der Waals surface area (Å²) in [5, 5.41) is 10.3. The highest BCUT2D eigenvalue weighted by Gasteiger charge is 2.35. The first-order chi connectivity index (χ1) is 17.3. The van der Waals surface area contributed by atoms with Gasteiger partial charge in [0.2, 0.25) is 5.91 Å². The van der Waals surface area contributed by atoms with E-state index in [2.05, 4.69) is 11.2 Å². The van der Waals surface area contributed by atoms with E-state index in [1.807, 2.05) is 17.9 Å². The fourth-order valence-electron chi connectivity index (χ4n) is 4.22. The number of carbonyl (C=O) groups is 1. The molecule has 1 heterocycles. The van der Waals surface area contributed by atoms with Crippen LogP contribution in [0, 0.1) is 0 Å². The van der Waals surface area contributed by atoms with Crippen molar-refractivity contribution in [2.24, 2.45) is 0 Å². The zero-order valence-electron chi connectivity index (χ0n) is 21.1. The Kier molecular flexibility index (Phi) is 10.7. The van der Waals surface area contributed by atoms with Gasteiger partial charge >= 0.3 is 0 Å². The summed E-state index contributed by atoms with van der Waals surface area (Å²) in [6, 6.07) is 8.61. The summed E-state index contributed by atoms with van der Waals surface area (Å²) in [6.45, 7) is 5.60. The summed E-state index contributed by atoms with van der Waals surface area (Å²) in [7, 11) is 3.17. The number of halogens is 2. The minimum Gasteiger partial charge on any atom is -0.505 e. The van der Waals surface area contributed by atoms with Crippen molar-refractivity contribution in [2.45, 2.75) is 56.5 Å². The van der Waals surface area contributed by atoms with Gasteiger partial charge in [-0.3, -0.25) is 4.79 Å². The Morgan fingerprint density at radius 2 is 1.81 bits per heavy atom. The van der Waals surface area contributed by atoms with Gasteiger partial charge in [-0.05, 0) is 56.0 Å². The fourth-order valence-corrected chi connectivity index (χ4v) is 6.02. The van der Waals surface area contributed by atoms with Crippen LogP contribution in [0.4, 0.5) is 0 Å². The molecule has 1 saturated heterocycles. The second-order valence-corrected chi connectivity index (χ2v) is 10.5. The predicted octanol–water partition coefficient (Wildman–Crippen LogP) is 6.28. The molecule has 10 heteroatoms. The fraction of sp³-hybridized carbons (Fsp3) is 0.500. The normalized spacial score (nSPS) is 18.7. The average molecular weight is 558 g/mol. The molecule has 0 saturated carbocycles. The van der Waals surface area contributed by atoms with E-state index in [4.69, 9.17) is 37.4 Å². The largest absolute Gasteiger partial charge is 0.505 e. The quantitative estimate of drug-likeness (QED) is 0.326. The minimum absolute atomic E-state index is 0.0494.